The van der Waals surface area contributed by atoms with Crippen molar-refractivity contribution in [1.29, 1.82) is 0 Å². The molecule has 0 bridgehead atoms. The van der Waals surface area contributed by atoms with E-state index in [1.54, 1.807) is 12.1 Å². The first-order chi connectivity index (χ1) is 6.19. The third-order valence-electron chi connectivity index (χ3n) is 1.50. The first-order valence-corrected chi connectivity index (χ1v) is 4.12. The third kappa shape index (κ3) is 2.09. The van der Waals surface area contributed by atoms with Crippen LogP contribution in [0.1, 0.15) is 16.2 Å². The summed E-state index contributed by atoms with van der Waals surface area (Å²) in [6.45, 7) is 0. The zero-order valence-corrected chi connectivity index (χ0v) is 7.84. The molecule has 1 heterocycles. The summed E-state index contributed by atoms with van der Waals surface area (Å²) in [4.78, 5) is 15.0. The van der Waals surface area contributed by atoms with E-state index in [4.69, 9.17) is 17.3 Å². The van der Waals surface area contributed by atoms with Gasteiger partial charge in [-0.15, -0.1) is 11.6 Å². The molecule has 1 aromatic heterocycles. The van der Waals surface area contributed by atoms with Gasteiger partial charge in [0, 0.05) is 0 Å². The van der Waals surface area contributed by atoms with Gasteiger partial charge in [0.25, 0.3) is 0 Å². The van der Waals surface area contributed by atoms with Crippen LogP contribution in [-0.2, 0) is 10.6 Å². The summed E-state index contributed by atoms with van der Waals surface area (Å²) in [5.74, 6) is -0.311. The van der Waals surface area contributed by atoms with Crippen molar-refractivity contribution in [3.8, 4) is 0 Å². The SMILES string of the molecule is COC(=O)c1nc(CCl)ccc1N. The van der Waals surface area contributed by atoms with Crippen molar-refractivity contribution in [1.82, 2.24) is 4.98 Å². The number of nitrogens with two attached hydrogens (primary N) is 1. The molecule has 0 aliphatic heterocycles. The predicted molar refractivity (Wildman–Crippen MR) is 49.5 cm³/mol. The van der Waals surface area contributed by atoms with Gasteiger partial charge in [-0.3, -0.25) is 0 Å². The molecule has 0 aromatic carbocycles. The number of carbonyl (C=O) groups excluding carboxylic acids is 1. The van der Waals surface area contributed by atoms with E-state index < -0.39 is 5.97 Å². The maximum absolute atomic E-state index is 11.1. The van der Waals surface area contributed by atoms with Crippen LogP contribution in [0.3, 0.4) is 0 Å². The fraction of sp³-hybridized carbons (Fsp3) is 0.250. The molecular formula is C8H9ClN2O2. The number of halogens is 1. The molecule has 0 amide bonds. The fourth-order valence-corrected chi connectivity index (χ4v) is 0.994. The molecule has 0 saturated heterocycles. The lowest BCUT2D eigenvalue weighted by Crippen LogP contribution is -2.09. The normalized spacial score (nSPS) is 9.69. The van der Waals surface area contributed by atoms with Crippen LogP contribution in [0.2, 0.25) is 0 Å². The summed E-state index contributed by atoms with van der Waals surface area (Å²) >= 11 is 5.54. The Labute approximate surface area is 80.7 Å². The van der Waals surface area contributed by atoms with Gasteiger partial charge >= 0.3 is 5.97 Å². The molecule has 5 heteroatoms. The van der Waals surface area contributed by atoms with Gasteiger partial charge in [0.2, 0.25) is 0 Å². The van der Waals surface area contributed by atoms with Crippen molar-refractivity contribution >= 4 is 23.3 Å². The lowest BCUT2D eigenvalue weighted by atomic mass is 10.2. The number of rotatable bonds is 2. The maximum atomic E-state index is 11.1. The minimum atomic E-state index is -0.551. The number of aromatic nitrogens is 1. The van der Waals surface area contributed by atoms with Crippen LogP contribution in [0.25, 0.3) is 0 Å². The van der Waals surface area contributed by atoms with Crippen molar-refractivity contribution in [2.24, 2.45) is 0 Å². The van der Waals surface area contributed by atoms with Crippen molar-refractivity contribution in [3.05, 3.63) is 23.5 Å². The fourth-order valence-electron chi connectivity index (χ4n) is 0.845. The standard InChI is InChI=1S/C8H9ClN2O2/c1-13-8(12)7-6(10)3-2-5(4-9)11-7/h2-3H,4,10H2,1H3. The van der Waals surface area contributed by atoms with Crippen molar-refractivity contribution in [2.45, 2.75) is 5.88 Å². The Bertz CT molecular complexity index is 328. The molecule has 1 aromatic rings. The smallest absolute Gasteiger partial charge is 0.358 e. The molecule has 0 aliphatic rings. The largest absolute Gasteiger partial charge is 0.464 e. The van der Waals surface area contributed by atoms with Crippen molar-refractivity contribution in [2.75, 3.05) is 12.8 Å². The number of anilines is 1. The molecule has 0 saturated carbocycles. The van der Waals surface area contributed by atoms with E-state index in [1.807, 2.05) is 0 Å². The Balaban J connectivity index is 3.11. The second-order valence-electron chi connectivity index (χ2n) is 2.37. The van der Waals surface area contributed by atoms with Gasteiger partial charge in [-0.25, -0.2) is 9.78 Å². The summed E-state index contributed by atoms with van der Waals surface area (Å²) in [5, 5.41) is 0. The molecular weight excluding hydrogens is 192 g/mol. The highest BCUT2D eigenvalue weighted by Crippen LogP contribution is 2.12. The van der Waals surface area contributed by atoms with Crippen LogP contribution < -0.4 is 5.73 Å². The molecule has 0 radical (unpaired) electrons. The van der Waals surface area contributed by atoms with Gasteiger partial charge in [0.1, 0.15) is 0 Å². The Morgan fingerprint density at radius 3 is 2.92 bits per heavy atom. The maximum Gasteiger partial charge on any atom is 0.358 e. The number of esters is 1. The van der Waals surface area contributed by atoms with Crippen molar-refractivity contribution in [3.63, 3.8) is 0 Å². The first kappa shape index (κ1) is 9.80. The van der Waals surface area contributed by atoms with Crippen LogP contribution in [0.4, 0.5) is 5.69 Å². The average molecular weight is 201 g/mol. The molecule has 13 heavy (non-hydrogen) atoms. The van der Waals surface area contributed by atoms with E-state index in [-0.39, 0.29) is 11.6 Å². The van der Waals surface area contributed by atoms with Gasteiger partial charge in [-0.2, -0.15) is 0 Å². The molecule has 0 fully saturated rings. The zero-order chi connectivity index (χ0) is 9.84. The number of methoxy groups -OCH3 is 1. The Morgan fingerprint density at radius 1 is 1.69 bits per heavy atom. The first-order valence-electron chi connectivity index (χ1n) is 3.58. The summed E-state index contributed by atoms with van der Waals surface area (Å²) in [7, 11) is 1.27. The lowest BCUT2D eigenvalue weighted by Gasteiger charge is -2.03. The monoisotopic (exact) mass is 200 g/mol. The molecule has 0 aliphatic carbocycles. The topological polar surface area (TPSA) is 65.2 Å². The number of carbonyl (C=O) groups is 1. The highest BCUT2D eigenvalue weighted by molar-refractivity contribution is 6.16. The zero-order valence-electron chi connectivity index (χ0n) is 7.08. The summed E-state index contributed by atoms with van der Waals surface area (Å²) in [6.07, 6.45) is 0. The van der Waals surface area contributed by atoms with Crippen LogP contribution in [0, 0.1) is 0 Å². The molecule has 0 spiro atoms. The van der Waals surface area contributed by atoms with Crippen LogP contribution >= 0.6 is 11.6 Å². The third-order valence-corrected chi connectivity index (χ3v) is 1.77. The van der Waals surface area contributed by atoms with Gasteiger partial charge in [-0.05, 0) is 12.1 Å². The Hall–Kier alpha value is -1.29. The molecule has 0 atom stereocenters. The molecule has 4 nitrogen and oxygen atoms in total. The minimum absolute atomic E-state index is 0.112. The number of ether oxygens (including phenoxy) is 1. The summed E-state index contributed by atoms with van der Waals surface area (Å²) in [5.41, 5.74) is 6.51. The lowest BCUT2D eigenvalue weighted by molar-refractivity contribution is 0.0595. The average Bonchev–Trinajstić information content (AvgIpc) is 2.17. The van der Waals surface area contributed by atoms with Gasteiger partial charge in [0.05, 0.1) is 24.4 Å². The van der Waals surface area contributed by atoms with Crippen molar-refractivity contribution < 1.29 is 9.53 Å². The van der Waals surface area contributed by atoms with E-state index in [1.165, 1.54) is 7.11 Å². The van der Waals surface area contributed by atoms with Crippen LogP contribution in [0.5, 0.6) is 0 Å². The van der Waals surface area contributed by atoms with E-state index in [0.29, 0.717) is 11.4 Å². The number of pyridine rings is 1. The van der Waals surface area contributed by atoms with E-state index >= 15 is 0 Å². The highest BCUT2D eigenvalue weighted by atomic mass is 35.5. The summed E-state index contributed by atoms with van der Waals surface area (Å²) < 4.78 is 4.49. The van der Waals surface area contributed by atoms with E-state index in [9.17, 15) is 4.79 Å². The molecule has 70 valence electrons. The second kappa shape index (κ2) is 4.09. The van der Waals surface area contributed by atoms with Gasteiger partial charge in [-0.1, -0.05) is 0 Å². The molecule has 0 unspecified atom stereocenters. The molecule has 1 rings (SSSR count). The van der Waals surface area contributed by atoms with Gasteiger partial charge < -0.3 is 10.5 Å². The number of hydrogen-bond donors (Lipinski definition) is 1. The second-order valence-corrected chi connectivity index (χ2v) is 2.63. The number of alkyl halides is 1. The predicted octanol–water partition coefficient (Wildman–Crippen LogP) is 1.19. The Kier molecular flexibility index (Phi) is 3.08. The van der Waals surface area contributed by atoms with Crippen LogP contribution in [-0.4, -0.2) is 18.1 Å². The molecule has 2 N–H and O–H groups in total. The quantitative estimate of drug-likeness (QED) is 0.575. The number of hydrogen-bond acceptors (Lipinski definition) is 4. The van der Waals surface area contributed by atoms with E-state index in [2.05, 4.69) is 9.72 Å². The minimum Gasteiger partial charge on any atom is -0.464 e. The van der Waals surface area contributed by atoms with Crippen LogP contribution in [0.15, 0.2) is 12.1 Å². The highest BCUT2D eigenvalue weighted by Gasteiger charge is 2.11. The van der Waals surface area contributed by atoms with E-state index in [0.717, 1.165) is 0 Å². The number of nitrogens with zero attached hydrogens (tertiary/aromatic N) is 1. The van der Waals surface area contributed by atoms with Gasteiger partial charge in [0.15, 0.2) is 5.69 Å². The Morgan fingerprint density at radius 2 is 2.38 bits per heavy atom. The summed E-state index contributed by atoms with van der Waals surface area (Å²) in [6, 6.07) is 3.24. The number of nitrogen functional groups attached to an aromatic ring is 1.